The monoisotopic (exact) mass is 333 g/mol. The van der Waals surface area contributed by atoms with Crippen LogP contribution in [0, 0.1) is 5.82 Å². The van der Waals surface area contributed by atoms with Crippen molar-refractivity contribution < 1.29 is 14.2 Å². The number of nitrogens with zero attached hydrogens (tertiary/aromatic N) is 3. The maximum absolute atomic E-state index is 13.2. The number of ether oxygens (including phenoxy) is 1. The molecule has 0 bridgehead atoms. The topological polar surface area (TPSA) is 50.5 Å². The zero-order chi connectivity index (χ0) is 17.0. The first-order valence-corrected chi connectivity index (χ1v) is 8.41. The molecule has 130 valence electrons. The summed E-state index contributed by atoms with van der Waals surface area (Å²) in [5, 5.41) is 15.0. The summed E-state index contributed by atoms with van der Waals surface area (Å²) in [6, 6.07) is 6.00. The van der Waals surface area contributed by atoms with Crippen LogP contribution in [0.2, 0.25) is 0 Å². The minimum atomic E-state index is -0.897. The fourth-order valence-corrected chi connectivity index (χ4v) is 3.07. The van der Waals surface area contributed by atoms with E-state index in [1.165, 1.54) is 12.1 Å². The molecule has 0 spiro atoms. The highest BCUT2D eigenvalue weighted by atomic mass is 19.1. The molecule has 0 saturated carbocycles. The molecule has 2 aromatic rings. The highest BCUT2D eigenvalue weighted by Crippen LogP contribution is 2.24. The van der Waals surface area contributed by atoms with Gasteiger partial charge in [0.05, 0.1) is 6.20 Å². The molecular formula is C18H24FN3O2. The van der Waals surface area contributed by atoms with Crippen LogP contribution in [0.3, 0.4) is 0 Å². The third-order valence-electron chi connectivity index (χ3n) is 4.26. The second kappa shape index (κ2) is 7.32. The fourth-order valence-electron chi connectivity index (χ4n) is 3.07. The Balaban J connectivity index is 1.51. The first-order chi connectivity index (χ1) is 11.6. The van der Waals surface area contributed by atoms with Gasteiger partial charge in [0.15, 0.2) is 0 Å². The van der Waals surface area contributed by atoms with Gasteiger partial charge in [-0.3, -0.25) is 9.58 Å². The molecule has 1 saturated heterocycles. The average Bonchev–Trinajstić information content (AvgIpc) is 3.14. The minimum absolute atomic E-state index is 0.169. The zero-order valence-electron chi connectivity index (χ0n) is 14.0. The normalized spacial score (nSPS) is 21.3. The maximum atomic E-state index is 13.2. The molecule has 0 radical (unpaired) electrons. The van der Waals surface area contributed by atoms with Gasteiger partial charge in [0.2, 0.25) is 0 Å². The second-order valence-corrected chi connectivity index (χ2v) is 6.54. The van der Waals surface area contributed by atoms with Crippen LogP contribution in [-0.4, -0.2) is 45.1 Å². The SMILES string of the molecule is CCCn1cc(CN2CC[C@@](O)(COc3cccc(F)c3)C2)cn1. The number of benzene rings is 1. The summed E-state index contributed by atoms with van der Waals surface area (Å²) in [4.78, 5) is 2.20. The molecule has 0 unspecified atom stereocenters. The number of aliphatic hydroxyl groups is 1. The summed E-state index contributed by atoms with van der Waals surface area (Å²) in [6.45, 7) is 5.34. The molecule has 0 amide bonds. The van der Waals surface area contributed by atoms with Gasteiger partial charge in [-0.05, 0) is 25.0 Å². The number of hydrogen-bond acceptors (Lipinski definition) is 4. The molecule has 1 fully saturated rings. The highest BCUT2D eigenvalue weighted by Gasteiger charge is 2.36. The van der Waals surface area contributed by atoms with Crippen molar-refractivity contribution in [3.8, 4) is 5.75 Å². The number of hydrogen-bond donors (Lipinski definition) is 1. The van der Waals surface area contributed by atoms with E-state index < -0.39 is 5.60 Å². The Morgan fingerprint density at radius 3 is 3.08 bits per heavy atom. The Morgan fingerprint density at radius 2 is 2.29 bits per heavy atom. The number of rotatable bonds is 7. The van der Waals surface area contributed by atoms with Gasteiger partial charge in [0.25, 0.3) is 0 Å². The quantitative estimate of drug-likeness (QED) is 0.846. The molecule has 1 aliphatic rings. The highest BCUT2D eigenvalue weighted by molar-refractivity contribution is 5.22. The van der Waals surface area contributed by atoms with Gasteiger partial charge in [-0.15, -0.1) is 0 Å². The lowest BCUT2D eigenvalue weighted by molar-refractivity contribution is 0.00329. The van der Waals surface area contributed by atoms with Crippen LogP contribution in [-0.2, 0) is 13.1 Å². The molecule has 6 heteroatoms. The van der Waals surface area contributed by atoms with E-state index in [-0.39, 0.29) is 12.4 Å². The summed E-state index contributed by atoms with van der Waals surface area (Å²) in [5.41, 5.74) is 0.255. The largest absolute Gasteiger partial charge is 0.490 e. The van der Waals surface area contributed by atoms with Crippen LogP contribution in [0.5, 0.6) is 5.75 Å². The predicted octanol–water partition coefficient (Wildman–Crippen LogP) is 2.45. The van der Waals surface area contributed by atoms with Crippen molar-refractivity contribution in [2.24, 2.45) is 0 Å². The van der Waals surface area contributed by atoms with Crippen molar-refractivity contribution in [2.75, 3.05) is 19.7 Å². The Labute approximate surface area is 141 Å². The Kier molecular flexibility index (Phi) is 5.16. The Hall–Kier alpha value is -1.92. The standard InChI is InChI=1S/C18H24FN3O2/c1-2-7-22-12-15(10-20-22)11-21-8-6-18(23,13-21)14-24-17-5-3-4-16(19)9-17/h3-5,9-10,12,23H,2,6-8,11,13-14H2,1H3/t18-/m0/s1. The predicted molar refractivity (Wildman–Crippen MR) is 89.3 cm³/mol. The van der Waals surface area contributed by atoms with Crippen LogP contribution < -0.4 is 4.74 Å². The van der Waals surface area contributed by atoms with E-state index in [4.69, 9.17) is 4.74 Å². The lowest BCUT2D eigenvalue weighted by Crippen LogP contribution is -2.39. The maximum Gasteiger partial charge on any atom is 0.126 e. The summed E-state index contributed by atoms with van der Waals surface area (Å²) in [7, 11) is 0. The first-order valence-electron chi connectivity index (χ1n) is 8.41. The smallest absolute Gasteiger partial charge is 0.126 e. The van der Waals surface area contributed by atoms with Crippen molar-refractivity contribution in [3.05, 3.63) is 48.0 Å². The lowest BCUT2D eigenvalue weighted by atomic mass is 10.1. The number of halogens is 1. The number of likely N-dealkylation sites (tertiary alicyclic amines) is 1. The summed E-state index contributed by atoms with van der Waals surface area (Å²) < 4.78 is 20.7. The number of β-amino-alcohol motifs (C(OH)–C–C–N with tert-alkyl or cyclic N) is 1. The molecule has 1 aromatic carbocycles. The van der Waals surface area contributed by atoms with Gasteiger partial charge in [-0.25, -0.2) is 4.39 Å². The van der Waals surface area contributed by atoms with Crippen LogP contribution in [0.4, 0.5) is 4.39 Å². The van der Waals surface area contributed by atoms with E-state index in [9.17, 15) is 9.50 Å². The zero-order valence-corrected chi connectivity index (χ0v) is 14.0. The molecule has 0 aliphatic carbocycles. The van der Waals surface area contributed by atoms with E-state index >= 15 is 0 Å². The molecule has 5 nitrogen and oxygen atoms in total. The molecule has 1 aliphatic heterocycles. The van der Waals surface area contributed by atoms with Crippen molar-refractivity contribution >= 4 is 0 Å². The number of aromatic nitrogens is 2. The Bertz CT molecular complexity index is 676. The van der Waals surface area contributed by atoms with E-state index in [1.54, 1.807) is 12.1 Å². The molecule has 3 rings (SSSR count). The molecule has 1 aromatic heterocycles. The summed E-state index contributed by atoms with van der Waals surface area (Å²) >= 11 is 0. The third kappa shape index (κ3) is 4.33. The van der Waals surface area contributed by atoms with Crippen molar-refractivity contribution in [1.29, 1.82) is 0 Å². The van der Waals surface area contributed by atoms with Gasteiger partial charge in [0, 0.05) is 44.0 Å². The molecule has 1 N–H and O–H groups in total. The van der Waals surface area contributed by atoms with E-state index in [0.29, 0.717) is 18.7 Å². The first kappa shape index (κ1) is 16.9. The van der Waals surface area contributed by atoms with E-state index in [2.05, 4.69) is 23.1 Å². The van der Waals surface area contributed by atoms with Crippen LogP contribution in [0.15, 0.2) is 36.7 Å². The van der Waals surface area contributed by atoms with Crippen LogP contribution >= 0.6 is 0 Å². The van der Waals surface area contributed by atoms with Gasteiger partial charge in [-0.2, -0.15) is 5.10 Å². The summed E-state index contributed by atoms with van der Waals surface area (Å²) in [6.07, 6.45) is 5.65. The molecule has 2 heterocycles. The van der Waals surface area contributed by atoms with Crippen molar-refractivity contribution in [2.45, 2.75) is 38.5 Å². The number of aryl methyl sites for hydroxylation is 1. The van der Waals surface area contributed by atoms with Gasteiger partial charge >= 0.3 is 0 Å². The molecule has 24 heavy (non-hydrogen) atoms. The fraction of sp³-hybridized carbons (Fsp3) is 0.500. The van der Waals surface area contributed by atoms with Crippen LogP contribution in [0.25, 0.3) is 0 Å². The van der Waals surface area contributed by atoms with Crippen molar-refractivity contribution in [3.63, 3.8) is 0 Å². The van der Waals surface area contributed by atoms with Gasteiger partial charge < -0.3 is 9.84 Å². The Morgan fingerprint density at radius 1 is 1.42 bits per heavy atom. The summed E-state index contributed by atoms with van der Waals surface area (Å²) in [5.74, 6) is 0.111. The van der Waals surface area contributed by atoms with Crippen molar-refractivity contribution in [1.82, 2.24) is 14.7 Å². The molecular weight excluding hydrogens is 309 g/mol. The minimum Gasteiger partial charge on any atom is -0.490 e. The van der Waals surface area contributed by atoms with E-state index in [0.717, 1.165) is 31.6 Å². The van der Waals surface area contributed by atoms with Gasteiger partial charge in [-0.1, -0.05) is 13.0 Å². The van der Waals surface area contributed by atoms with E-state index in [1.807, 2.05) is 10.9 Å². The average molecular weight is 333 g/mol. The molecule has 1 atom stereocenters. The van der Waals surface area contributed by atoms with Gasteiger partial charge in [0.1, 0.15) is 23.8 Å². The van der Waals surface area contributed by atoms with Crippen LogP contribution in [0.1, 0.15) is 25.3 Å². The lowest BCUT2D eigenvalue weighted by Gasteiger charge is -2.23. The second-order valence-electron chi connectivity index (χ2n) is 6.54. The third-order valence-corrected chi connectivity index (χ3v) is 4.26.